The van der Waals surface area contributed by atoms with Crippen molar-refractivity contribution in [3.8, 4) is 0 Å². The van der Waals surface area contributed by atoms with E-state index in [9.17, 15) is 19.2 Å². The number of fused-ring (bicyclic) bond motifs is 1. The molecule has 12 nitrogen and oxygen atoms in total. The number of unbranched alkanes of at least 4 members (excludes halogenated alkanes) is 1. The molecule has 49 heavy (non-hydrogen) atoms. The first-order chi connectivity index (χ1) is 23.9. The molecule has 3 saturated heterocycles. The van der Waals surface area contributed by atoms with Gasteiger partial charge in [0, 0.05) is 38.4 Å². The molecule has 2 aromatic carbocycles. The van der Waals surface area contributed by atoms with E-state index in [-0.39, 0.29) is 48.9 Å². The summed E-state index contributed by atoms with van der Waals surface area (Å²) in [5, 5.41) is 3.28. The Balaban J connectivity index is 1.16. The second-order valence-electron chi connectivity index (χ2n) is 13.4. The highest BCUT2D eigenvalue weighted by atomic mass is 16.6. The molecule has 2 amide bonds. The van der Waals surface area contributed by atoms with Crippen LogP contribution in [0.15, 0.2) is 59.0 Å². The molecule has 0 spiro atoms. The van der Waals surface area contributed by atoms with Gasteiger partial charge in [0.05, 0.1) is 31.3 Å². The van der Waals surface area contributed by atoms with Crippen LogP contribution in [0.3, 0.4) is 0 Å². The number of oxazole rings is 1. The summed E-state index contributed by atoms with van der Waals surface area (Å²) in [6.07, 6.45) is 4.03. The van der Waals surface area contributed by atoms with Crippen LogP contribution in [-0.2, 0) is 25.7 Å². The molecule has 5 atom stereocenters. The Bertz CT molecular complexity index is 1560. The SMILES string of the molecule is NCCCC[C@H](CC(=O)[C@@H]1C[C@@H](OC(=O)N2CCCCC2)CN1C(=O)[C@H]1C[C@@H](OCc2ccccc2)CN1)C(=O)c1nc2ccccc2o1. The molecule has 6 rings (SSSR count). The molecule has 262 valence electrons. The van der Waals surface area contributed by atoms with Crippen molar-refractivity contribution >= 4 is 34.7 Å². The summed E-state index contributed by atoms with van der Waals surface area (Å²) in [7, 11) is 0. The minimum atomic E-state index is -0.841. The standard InChI is InChI=1S/C37H47N5O7/c38-16-8-7-13-26(34(44)35-40-29-14-5-6-15-33(29)49-35)19-32(43)31-21-28(48-37(46)41-17-9-2-10-18-41)23-42(31)36(45)30-20-27(22-39-30)47-24-25-11-3-1-4-12-25/h1,3-6,11-12,14-15,26-28,30-31,39H,2,7-10,13,16-24,38H2/t26-,27-,28-,30-,31+/m1/s1. The fraction of sp³-hybridized carbons (Fsp3) is 0.541. The third kappa shape index (κ3) is 8.73. The molecule has 3 fully saturated rings. The van der Waals surface area contributed by atoms with Gasteiger partial charge >= 0.3 is 6.09 Å². The molecule has 3 aliphatic heterocycles. The average Bonchev–Trinajstić information content (AvgIpc) is 3.89. The van der Waals surface area contributed by atoms with E-state index in [1.165, 1.54) is 0 Å². The molecule has 0 radical (unpaired) electrons. The minimum absolute atomic E-state index is 0.0314. The maximum absolute atomic E-state index is 14.2. The van der Waals surface area contributed by atoms with Gasteiger partial charge in [0.15, 0.2) is 11.4 Å². The average molecular weight is 674 g/mol. The molecule has 1 aromatic heterocycles. The topological polar surface area (TPSA) is 157 Å². The van der Waals surface area contributed by atoms with Crippen LogP contribution in [-0.4, -0.2) is 95.4 Å². The Morgan fingerprint density at radius 3 is 2.51 bits per heavy atom. The lowest BCUT2D eigenvalue weighted by atomic mass is 9.89. The van der Waals surface area contributed by atoms with Gasteiger partial charge < -0.3 is 34.7 Å². The molecule has 12 heteroatoms. The number of amides is 2. The summed E-state index contributed by atoms with van der Waals surface area (Å²) in [5.74, 6) is -1.55. The quantitative estimate of drug-likeness (QED) is 0.187. The number of rotatable bonds is 14. The van der Waals surface area contributed by atoms with Gasteiger partial charge in [-0.1, -0.05) is 48.9 Å². The number of carbonyl (C=O) groups excluding carboxylic acids is 4. The molecule has 3 aromatic rings. The number of likely N-dealkylation sites (tertiary alicyclic amines) is 2. The molecule has 0 saturated carbocycles. The number of ether oxygens (including phenoxy) is 2. The Morgan fingerprint density at radius 1 is 0.959 bits per heavy atom. The number of aromatic nitrogens is 1. The molecule has 3 aliphatic rings. The number of hydrogen-bond acceptors (Lipinski definition) is 10. The summed E-state index contributed by atoms with van der Waals surface area (Å²) in [5.41, 5.74) is 7.86. The van der Waals surface area contributed by atoms with Gasteiger partial charge in [-0.25, -0.2) is 9.78 Å². The van der Waals surface area contributed by atoms with Gasteiger partial charge in [-0.2, -0.15) is 0 Å². The van der Waals surface area contributed by atoms with Crippen LogP contribution in [0.25, 0.3) is 11.1 Å². The second kappa shape index (κ2) is 16.5. The van der Waals surface area contributed by atoms with E-state index in [0.717, 1.165) is 24.8 Å². The molecule has 4 heterocycles. The zero-order valence-electron chi connectivity index (χ0n) is 28.0. The monoisotopic (exact) mass is 673 g/mol. The number of nitrogens with zero attached hydrogens (tertiary/aromatic N) is 3. The van der Waals surface area contributed by atoms with E-state index >= 15 is 0 Å². The number of Topliss-reactive ketones (excluding diaryl/α,β-unsaturated/α-hetero) is 2. The summed E-state index contributed by atoms with van der Waals surface area (Å²) >= 11 is 0. The van der Waals surface area contributed by atoms with Crippen molar-refractivity contribution in [2.75, 3.05) is 32.7 Å². The van der Waals surface area contributed by atoms with Gasteiger partial charge in [0.1, 0.15) is 11.6 Å². The van der Waals surface area contributed by atoms with Crippen LogP contribution < -0.4 is 11.1 Å². The maximum atomic E-state index is 14.2. The number of nitrogens with one attached hydrogen (secondary N) is 1. The van der Waals surface area contributed by atoms with Crippen molar-refractivity contribution in [1.29, 1.82) is 0 Å². The van der Waals surface area contributed by atoms with E-state index in [1.807, 2.05) is 36.4 Å². The lowest BCUT2D eigenvalue weighted by Gasteiger charge is -2.28. The van der Waals surface area contributed by atoms with Crippen molar-refractivity contribution in [3.05, 3.63) is 66.1 Å². The van der Waals surface area contributed by atoms with Crippen molar-refractivity contribution in [2.24, 2.45) is 11.7 Å². The molecule has 0 unspecified atom stereocenters. The van der Waals surface area contributed by atoms with Gasteiger partial charge in [0.2, 0.25) is 11.7 Å². The van der Waals surface area contributed by atoms with Gasteiger partial charge in [-0.3, -0.25) is 14.4 Å². The van der Waals surface area contributed by atoms with E-state index < -0.39 is 30.2 Å². The number of hydrogen-bond donors (Lipinski definition) is 2. The van der Waals surface area contributed by atoms with E-state index in [4.69, 9.17) is 19.6 Å². The van der Waals surface area contributed by atoms with Crippen LogP contribution in [0, 0.1) is 5.92 Å². The van der Waals surface area contributed by atoms with Gasteiger partial charge in [-0.15, -0.1) is 0 Å². The Morgan fingerprint density at radius 2 is 1.73 bits per heavy atom. The first kappa shape index (κ1) is 34.7. The first-order valence-electron chi connectivity index (χ1n) is 17.7. The predicted molar refractivity (Wildman–Crippen MR) is 182 cm³/mol. The zero-order chi connectivity index (χ0) is 34.2. The normalized spacial score (nSPS) is 23.1. The number of piperidine rings is 1. The highest BCUT2D eigenvalue weighted by Gasteiger charge is 2.45. The smallest absolute Gasteiger partial charge is 0.410 e. The van der Waals surface area contributed by atoms with E-state index in [1.54, 1.807) is 28.0 Å². The van der Waals surface area contributed by atoms with E-state index in [0.29, 0.717) is 69.6 Å². The molecule has 0 aliphatic carbocycles. The summed E-state index contributed by atoms with van der Waals surface area (Å²) in [4.78, 5) is 62.7. The highest BCUT2D eigenvalue weighted by Crippen LogP contribution is 2.30. The highest BCUT2D eigenvalue weighted by molar-refractivity contribution is 6.00. The minimum Gasteiger partial charge on any atom is -0.444 e. The largest absolute Gasteiger partial charge is 0.444 e. The molecule has 0 bridgehead atoms. The Labute approximate surface area is 286 Å². The lowest BCUT2D eigenvalue weighted by molar-refractivity contribution is -0.139. The lowest BCUT2D eigenvalue weighted by Crippen LogP contribution is -2.49. The molecular formula is C37H47N5O7. The van der Waals surface area contributed by atoms with Crippen LogP contribution in [0.1, 0.15) is 74.0 Å². The number of benzene rings is 2. The summed E-state index contributed by atoms with van der Waals surface area (Å²) in [6.45, 7) is 2.79. The fourth-order valence-corrected chi connectivity index (χ4v) is 7.12. The zero-order valence-corrected chi connectivity index (χ0v) is 28.0. The molecule has 3 N–H and O–H groups in total. The molecular weight excluding hydrogens is 626 g/mol. The fourth-order valence-electron chi connectivity index (χ4n) is 7.12. The maximum Gasteiger partial charge on any atom is 0.410 e. The van der Waals surface area contributed by atoms with Crippen molar-refractivity contribution in [1.82, 2.24) is 20.1 Å². The first-order valence-corrected chi connectivity index (χ1v) is 17.7. The summed E-state index contributed by atoms with van der Waals surface area (Å²) in [6, 6.07) is 15.6. The van der Waals surface area contributed by atoms with Crippen molar-refractivity contribution < 1.29 is 33.1 Å². The van der Waals surface area contributed by atoms with Crippen LogP contribution in [0.5, 0.6) is 0 Å². The Kier molecular flexibility index (Phi) is 11.7. The second-order valence-corrected chi connectivity index (χ2v) is 13.4. The van der Waals surface area contributed by atoms with E-state index in [2.05, 4.69) is 10.3 Å². The van der Waals surface area contributed by atoms with Crippen LogP contribution in [0.2, 0.25) is 0 Å². The number of carbonyl (C=O) groups is 4. The van der Waals surface area contributed by atoms with Gasteiger partial charge in [0.25, 0.3) is 5.89 Å². The van der Waals surface area contributed by atoms with Crippen molar-refractivity contribution in [2.45, 2.75) is 88.7 Å². The van der Waals surface area contributed by atoms with Crippen LogP contribution in [0.4, 0.5) is 4.79 Å². The summed E-state index contributed by atoms with van der Waals surface area (Å²) < 4.78 is 17.8. The third-order valence-corrected chi connectivity index (χ3v) is 9.85. The van der Waals surface area contributed by atoms with Crippen molar-refractivity contribution in [3.63, 3.8) is 0 Å². The number of ketones is 2. The predicted octanol–water partition coefficient (Wildman–Crippen LogP) is 4.25. The third-order valence-electron chi connectivity index (χ3n) is 9.85. The van der Waals surface area contributed by atoms with Crippen LogP contribution >= 0.6 is 0 Å². The number of para-hydroxylation sites is 2. The number of nitrogens with two attached hydrogens (primary N) is 1. The Hall–Kier alpha value is -4.13. The van der Waals surface area contributed by atoms with Gasteiger partial charge in [-0.05, 0) is 62.8 Å².